The lowest BCUT2D eigenvalue weighted by Crippen LogP contribution is -2.02. The van der Waals surface area contributed by atoms with Crippen LogP contribution in [0.2, 0.25) is 0 Å². The minimum absolute atomic E-state index is 0.783. The number of aromatic nitrogens is 1. The van der Waals surface area contributed by atoms with Crippen LogP contribution >= 0.6 is 0 Å². The number of nitrogens with two attached hydrogens (primary N) is 1. The fourth-order valence-corrected chi connectivity index (χ4v) is 1.94. The standard InChI is InChI=1S/C16H21N3/c1-2-3-4-11-18-16-10-7-14(12-19-16)13-5-8-15(17)9-6-13/h5-10,12H,2-4,11,17H2,1H3,(H,18,19). The van der Waals surface area contributed by atoms with E-state index in [1.165, 1.54) is 19.3 Å². The van der Waals surface area contributed by atoms with E-state index in [1.807, 2.05) is 36.5 Å². The highest BCUT2D eigenvalue weighted by atomic mass is 15.0. The van der Waals surface area contributed by atoms with Gasteiger partial charge in [0.15, 0.2) is 0 Å². The molecule has 1 aromatic heterocycles. The van der Waals surface area contributed by atoms with E-state index < -0.39 is 0 Å². The van der Waals surface area contributed by atoms with E-state index in [9.17, 15) is 0 Å². The molecule has 0 aliphatic carbocycles. The number of anilines is 2. The molecule has 0 radical (unpaired) electrons. The molecular formula is C16H21N3. The van der Waals surface area contributed by atoms with Gasteiger partial charge < -0.3 is 11.1 Å². The third-order valence-electron chi connectivity index (χ3n) is 3.09. The summed E-state index contributed by atoms with van der Waals surface area (Å²) in [5.74, 6) is 0.940. The van der Waals surface area contributed by atoms with Crippen molar-refractivity contribution in [2.75, 3.05) is 17.6 Å². The SMILES string of the molecule is CCCCCNc1ccc(-c2ccc(N)cc2)cn1. The van der Waals surface area contributed by atoms with Gasteiger partial charge in [-0.15, -0.1) is 0 Å². The third-order valence-corrected chi connectivity index (χ3v) is 3.09. The van der Waals surface area contributed by atoms with Gasteiger partial charge in [-0.2, -0.15) is 0 Å². The zero-order chi connectivity index (χ0) is 13.5. The average Bonchev–Trinajstić information content (AvgIpc) is 2.45. The molecule has 2 rings (SSSR count). The van der Waals surface area contributed by atoms with E-state index in [0.717, 1.165) is 29.2 Å². The summed E-state index contributed by atoms with van der Waals surface area (Å²) in [7, 11) is 0. The summed E-state index contributed by atoms with van der Waals surface area (Å²) in [6, 6.07) is 12.0. The Kier molecular flexibility index (Phi) is 4.78. The van der Waals surface area contributed by atoms with Gasteiger partial charge in [0.2, 0.25) is 0 Å². The number of hydrogen-bond donors (Lipinski definition) is 2. The predicted molar refractivity (Wildman–Crippen MR) is 82.1 cm³/mol. The summed E-state index contributed by atoms with van der Waals surface area (Å²) in [6.45, 7) is 3.20. The minimum Gasteiger partial charge on any atom is -0.399 e. The molecule has 3 nitrogen and oxygen atoms in total. The van der Waals surface area contributed by atoms with E-state index in [4.69, 9.17) is 5.73 Å². The quantitative estimate of drug-likeness (QED) is 0.607. The first-order chi connectivity index (χ1) is 9.29. The number of benzene rings is 1. The summed E-state index contributed by atoms with van der Waals surface area (Å²) in [5, 5.41) is 3.34. The van der Waals surface area contributed by atoms with Crippen LogP contribution < -0.4 is 11.1 Å². The monoisotopic (exact) mass is 255 g/mol. The zero-order valence-corrected chi connectivity index (χ0v) is 11.4. The minimum atomic E-state index is 0.783. The van der Waals surface area contributed by atoms with Crippen molar-refractivity contribution in [2.24, 2.45) is 0 Å². The Labute approximate surface area is 114 Å². The van der Waals surface area contributed by atoms with Crippen LogP contribution in [0, 0.1) is 0 Å². The van der Waals surface area contributed by atoms with Crippen molar-refractivity contribution in [3.05, 3.63) is 42.6 Å². The second-order valence-corrected chi connectivity index (χ2v) is 4.69. The maximum absolute atomic E-state index is 5.68. The molecule has 0 atom stereocenters. The average molecular weight is 255 g/mol. The molecule has 0 fully saturated rings. The van der Waals surface area contributed by atoms with Crippen LogP contribution in [-0.2, 0) is 0 Å². The third kappa shape index (κ3) is 3.98. The van der Waals surface area contributed by atoms with Crippen molar-refractivity contribution in [1.29, 1.82) is 0 Å². The Hall–Kier alpha value is -2.03. The number of pyridine rings is 1. The highest BCUT2D eigenvalue weighted by Gasteiger charge is 1.99. The normalized spacial score (nSPS) is 10.4. The summed E-state index contributed by atoms with van der Waals surface area (Å²) in [5.41, 5.74) is 8.71. The van der Waals surface area contributed by atoms with Gasteiger partial charge in [-0.25, -0.2) is 4.98 Å². The first-order valence-corrected chi connectivity index (χ1v) is 6.85. The molecule has 0 saturated carbocycles. The van der Waals surface area contributed by atoms with E-state index in [0.29, 0.717) is 0 Å². The molecule has 19 heavy (non-hydrogen) atoms. The predicted octanol–water partition coefficient (Wildman–Crippen LogP) is 3.93. The van der Waals surface area contributed by atoms with Gasteiger partial charge in [0.25, 0.3) is 0 Å². The Bertz CT molecular complexity index is 488. The summed E-state index contributed by atoms with van der Waals surface area (Å²) >= 11 is 0. The highest BCUT2D eigenvalue weighted by Crippen LogP contribution is 2.20. The van der Waals surface area contributed by atoms with Crippen LogP contribution in [0.4, 0.5) is 11.5 Å². The first-order valence-electron chi connectivity index (χ1n) is 6.85. The van der Waals surface area contributed by atoms with E-state index in [-0.39, 0.29) is 0 Å². The Morgan fingerprint density at radius 1 is 1.00 bits per heavy atom. The molecule has 100 valence electrons. The van der Waals surface area contributed by atoms with Gasteiger partial charge >= 0.3 is 0 Å². The Morgan fingerprint density at radius 2 is 1.74 bits per heavy atom. The number of rotatable bonds is 6. The van der Waals surface area contributed by atoms with E-state index >= 15 is 0 Å². The van der Waals surface area contributed by atoms with Crippen molar-refractivity contribution in [3.63, 3.8) is 0 Å². The van der Waals surface area contributed by atoms with Crippen molar-refractivity contribution in [1.82, 2.24) is 4.98 Å². The van der Waals surface area contributed by atoms with Crippen LogP contribution in [0.15, 0.2) is 42.6 Å². The number of unbranched alkanes of at least 4 members (excludes halogenated alkanes) is 2. The summed E-state index contributed by atoms with van der Waals surface area (Å²) in [6.07, 6.45) is 5.59. The summed E-state index contributed by atoms with van der Waals surface area (Å²) < 4.78 is 0. The zero-order valence-electron chi connectivity index (χ0n) is 11.4. The van der Waals surface area contributed by atoms with Crippen LogP contribution in [0.1, 0.15) is 26.2 Å². The molecule has 3 N–H and O–H groups in total. The highest BCUT2D eigenvalue weighted by molar-refractivity contribution is 5.65. The first kappa shape index (κ1) is 13.4. The number of nitrogens with zero attached hydrogens (tertiary/aromatic N) is 1. The van der Waals surface area contributed by atoms with Crippen LogP contribution in [0.25, 0.3) is 11.1 Å². The van der Waals surface area contributed by atoms with Gasteiger partial charge in [0.05, 0.1) is 0 Å². The van der Waals surface area contributed by atoms with Gasteiger partial charge in [-0.1, -0.05) is 31.9 Å². The Balaban J connectivity index is 1.96. The van der Waals surface area contributed by atoms with Crippen molar-refractivity contribution in [3.8, 4) is 11.1 Å². The molecular weight excluding hydrogens is 234 g/mol. The van der Waals surface area contributed by atoms with Crippen molar-refractivity contribution < 1.29 is 0 Å². The lowest BCUT2D eigenvalue weighted by atomic mass is 10.1. The molecule has 3 heteroatoms. The van der Waals surface area contributed by atoms with Gasteiger partial charge in [-0.05, 0) is 36.2 Å². The van der Waals surface area contributed by atoms with Crippen LogP contribution in [0.3, 0.4) is 0 Å². The smallest absolute Gasteiger partial charge is 0.125 e. The van der Waals surface area contributed by atoms with Gasteiger partial charge in [0, 0.05) is 24.0 Å². The molecule has 1 heterocycles. The topological polar surface area (TPSA) is 50.9 Å². The number of nitrogen functional groups attached to an aromatic ring is 1. The largest absolute Gasteiger partial charge is 0.399 e. The van der Waals surface area contributed by atoms with Gasteiger partial charge in [-0.3, -0.25) is 0 Å². The number of hydrogen-bond acceptors (Lipinski definition) is 3. The summed E-state index contributed by atoms with van der Waals surface area (Å²) in [4.78, 5) is 4.43. The molecule has 0 amide bonds. The maximum Gasteiger partial charge on any atom is 0.125 e. The van der Waals surface area contributed by atoms with Crippen LogP contribution in [0.5, 0.6) is 0 Å². The second kappa shape index (κ2) is 6.78. The second-order valence-electron chi connectivity index (χ2n) is 4.69. The van der Waals surface area contributed by atoms with E-state index in [2.05, 4.69) is 23.3 Å². The lowest BCUT2D eigenvalue weighted by molar-refractivity contribution is 0.742. The number of nitrogens with one attached hydrogen (secondary N) is 1. The fraction of sp³-hybridized carbons (Fsp3) is 0.312. The van der Waals surface area contributed by atoms with Crippen molar-refractivity contribution >= 4 is 11.5 Å². The molecule has 2 aromatic rings. The molecule has 0 bridgehead atoms. The van der Waals surface area contributed by atoms with Crippen LogP contribution in [-0.4, -0.2) is 11.5 Å². The molecule has 0 saturated heterocycles. The lowest BCUT2D eigenvalue weighted by Gasteiger charge is -2.06. The van der Waals surface area contributed by atoms with Crippen molar-refractivity contribution in [2.45, 2.75) is 26.2 Å². The molecule has 1 aromatic carbocycles. The fourth-order valence-electron chi connectivity index (χ4n) is 1.94. The molecule has 0 spiro atoms. The molecule has 0 aliphatic heterocycles. The molecule has 0 aliphatic rings. The maximum atomic E-state index is 5.68. The van der Waals surface area contributed by atoms with E-state index in [1.54, 1.807) is 0 Å². The van der Waals surface area contributed by atoms with Gasteiger partial charge in [0.1, 0.15) is 5.82 Å². The Morgan fingerprint density at radius 3 is 2.37 bits per heavy atom. The molecule has 0 unspecified atom stereocenters.